The zero-order chi connectivity index (χ0) is 26.9. The van der Waals surface area contributed by atoms with Crippen LogP contribution in [0.25, 0.3) is 11.3 Å². The maximum atomic E-state index is 13.9. The molecule has 0 N–H and O–H groups in total. The van der Waals surface area contributed by atoms with Crippen molar-refractivity contribution in [3.63, 3.8) is 0 Å². The van der Waals surface area contributed by atoms with Gasteiger partial charge in [0, 0.05) is 21.0 Å². The Morgan fingerprint density at radius 2 is 1.59 bits per heavy atom. The highest BCUT2D eigenvalue weighted by atomic mass is 79.9. The van der Waals surface area contributed by atoms with Crippen molar-refractivity contribution in [2.24, 2.45) is 10.1 Å². The van der Waals surface area contributed by atoms with Gasteiger partial charge in [0.1, 0.15) is 0 Å². The predicted molar refractivity (Wildman–Crippen MR) is 163 cm³/mol. The maximum absolute atomic E-state index is 13.9. The summed E-state index contributed by atoms with van der Waals surface area (Å²) >= 11 is 5.04. The van der Waals surface area contributed by atoms with E-state index in [9.17, 15) is 4.79 Å². The minimum Gasteiger partial charge on any atom is -0.302 e. The fraction of sp³-hybridized carbons (Fsp3) is 0.0938. The van der Waals surface area contributed by atoms with Crippen LogP contribution in [-0.4, -0.2) is 16.3 Å². The summed E-state index contributed by atoms with van der Waals surface area (Å²) in [5, 5.41) is 7.07. The standard InChI is InChI=1S/C32H25BrN4OS/c1-21-9-8-13-27(22(21)2)34-32-37(29(20-39-32)24-15-17-25(33)18-16-24)35-30-26-12-6-7-14-28(26)36(31(30)38)19-23-10-4-3-5-11-23/h3-18,20H,19H2,1-2H3/b34-32?,35-30-. The molecule has 7 heteroatoms. The Labute approximate surface area is 239 Å². The van der Waals surface area contributed by atoms with Gasteiger partial charge in [0.05, 0.1) is 23.6 Å². The molecule has 0 bridgehead atoms. The molecule has 0 saturated carbocycles. The number of carbonyl (C=O) groups is 1. The number of carbonyl (C=O) groups excluding carboxylic acids is 1. The summed E-state index contributed by atoms with van der Waals surface area (Å²) in [5.74, 6) is -0.127. The number of benzene rings is 4. The number of thiazole rings is 1. The van der Waals surface area contributed by atoms with Crippen molar-refractivity contribution >= 4 is 50.3 Å². The smallest absolute Gasteiger partial charge is 0.279 e. The number of aromatic nitrogens is 1. The van der Waals surface area contributed by atoms with Crippen LogP contribution < -0.4 is 9.70 Å². The number of hydrogen-bond donors (Lipinski definition) is 0. The highest BCUT2D eigenvalue weighted by molar-refractivity contribution is 9.10. The number of nitrogens with zero attached hydrogens (tertiary/aromatic N) is 4. The van der Waals surface area contributed by atoms with E-state index in [1.807, 2.05) is 101 Å². The van der Waals surface area contributed by atoms with Gasteiger partial charge in [0.2, 0.25) is 4.80 Å². The summed E-state index contributed by atoms with van der Waals surface area (Å²) in [6.45, 7) is 4.63. The lowest BCUT2D eigenvalue weighted by Crippen LogP contribution is -2.30. The van der Waals surface area contributed by atoms with Crippen LogP contribution >= 0.6 is 27.3 Å². The third-order valence-corrected chi connectivity index (χ3v) is 8.24. The van der Waals surface area contributed by atoms with Gasteiger partial charge in [0.15, 0.2) is 5.71 Å². The zero-order valence-electron chi connectivity index (χ0n) is 21.5. The Kier molecular flexibility index (Phi) is 6.85. The summed E-state index contributed by atoms with van der Waals surface area (Å²) in [6.07, 6.45) is 0. The highest BCUT2D eigenvalue weighted by Gasteiger charge is 2.34. The lowest BCUT2D eigenvalue weighted by molar-refractivity contribution is -0.112. The Hall–Kier alpha value is -4.07. The van der Waals surface area contributed by atoms with E-state index >= 15 is 0 Å². The summed E-state index contributed by atoms with van der Waals surface area (Å²) in [5.41, 5.74) is 8.18. The first-order valence-corrected chi connectivity index (χ1v) is 14.3. The van der Waals surface area contributed by atoms with Crippen LogP contribution in [0.15, 0.2) is 117 Å². The van der Waals surface area contributed by atoms with Crippen molar-refractivity contribution in [2.75, 3.05) is 4.90 Å². The molecule has 2 heterocycles. The van der Waals surface area contributed by atoms with Crippen molar-refractivity contribution in [1.82, 2.24) is 4.68 Å². The van der Waals surface area contributed by atoms with Crippen LogP contribution in [-0.2, 0) is 11.3 Å². The van der Waals surface area contributed by atoms with E-state index in [1.165, 1.54) is 16.9 Å². The molecule has 1 aliphatic rings. The van der Waals surface area contributed by atoms with E-state index in [0.717, 1.165) is 43.8 Å². The van der Waals surface area contributed by atoms with E-state index in [4.69, 9.17) is 10.1 Å². The second kappa shape index (κ2) is 10.6. The first-order valence-electron chi connectivity index (χ1n) is 12.6. The van der Waals surface area contributed by atoms with Gasteiger partial charge in [-0.05, 0) is 54.8 Å². The molecule has 5 aromatic rings. The monoisotopic (exact) mass is 592 g/mol. The van der Waals surface area contributed by atoms with Gasteiger partial charge in [-0.15, -0.1) is 11.3 Å². The second-order valence-electron chi connectivity index (χ2n) is 9.40. The summed E-state index contributed by atoms with van der Waals surface area (Å²) in [6, 6.07) is 32.1. The Bertz CT molecular complexity index is 1790. The van der Waals surface area contributed by atoms with Gasteiger partial charge in [-0.3, -0.25) is 4.79 Å². The fourth-order valence-corrected chi connectivity index (χ4v) is 5.74. The average molecular weight is 594 g/mol. The molecule has 4 aromatic carbocycles. The summed E-state index contributed by atoms with van der Waals surface area (Å²) in [4.78, 5) is 21.4. The van der Waals surface area contributed by atoms with Crippen molar-refractivity contribution in [3.05, 3.63) is 134 Å². The normalized spacial score (nSPS) is 14.3. The van der Waals surface area contributed by atoms with Crippen LogP contribution in [0.4, 0.5) is 11.4 Å². The van der Waals surface area contributed by atoms with E-state index in [0.29, 0.717) is 17.1 Å². The first kappa shape index (κ1) is 25.2. The Morgan fingerprint density at radius 3 is 2.38 bits per heavy atom. The second-order valence-corrected chi connectivity index (χ2v) is 11.1. The average Bonchev–Trinajstić information content (AvgIpc) is 3.46. The lowest BCUT2D eigenvalue weighted by Gasteiger charge is -2.16. The molecular formula is C32H25BrN4OS. The largest absolute Gasteiger partial charge is 0.302 e. The summed E-state index contributed by atoms with van der Waals surface area (Å²) in [7, 11) is 0. The van der Waals surface area contributed by atoms with Gasteiger partial charge >= 0.3 is 0 Å². The Balaban J connectivity index is 1.53. The molecule has 0 unspecified atom stereocenters. The van der Waals surface area contributed by atoms with Crippen LogP contribution in [0.2, 0.25) is 0 Å². The van der Waals surface area contributed by atoms with E-state index in [2.05, 4.69) is 35.8 Å². The number of hydrogen-bond acceptors (Lipinski definition) is 4. The number of para-hydroxylation sites is 1. The number of rotatable bonds is 5. The van der Waals surface area contributed by atoms with Crippen molar-refractivity contribution in [1.29, 1.82) is 0 Å². The van der Waals surface area contributed by atoms with Gasteiger partial charge < -0.3 is 4.90 Å². The van der Waals surface area contributed by atoms with Crippen LogP contribution in [0.3, 0.4) is 0 Å². The van der Waals surface area contributed by atoms with E-state index < -0.39 is 0 Å². The van der Waals surface area contributed by atoms with Crippen molar-refractivity contribution in [3.8, 4) is 11.3 Å². The number of anilines is 1. The van der Waals surface area contributed by atoms with Crippen LogP contribution in [0, 0.1) is 13.8 Å². The number of fused-ring (bicyclic) bond motifs is 1. The minimum absolute atomic E-state index is 0.127. The molecule has 0 atom stereocenters. The number of amides is 1. The SMILES string of the molecule is Cc1cccc(N=c2scc(-c3ccc(Br)cc3)n2/N=C2\C(=O)N(Cc3ccccc3)c3ccccc32)c1C. The molecule has 39 heavy (non-hydrogen) atoms. The molecule has 0 saturated heterocycles. The van der Waals surface area contributed by atoms with Gasteiger partial charge in [-0.2, -0.15) is 5.10 Å². The predicted octanol–water partition coefficient (Wildman–Crippen LogP) is 7.63. The molecular weight excluding hydrogens is 568 g/mol. The first-order chi connectivity index (χ1) is 19.0. The topological polar surface area (TPSA) is 50.0 Å². The zero-order valence-corrected chi connectivity index (χ0v) is 23.9. The molecule has 192 valence electrons. The lowest BCUT2D eigenvalue weighted by atomic mass is 10.1. The molecule has 1 amide bonds. The Morgan fingerprint density at radius 1 is 0.846 bits per heavy atom. The fourth-order valence-electron chi connectivity index (χ4n) is 4.63. The third-order valence-electron chi connectivity index (χ3n) is 6.90. The highest BCUT2D eigenvalue weighted by Crippen LogP contribution is 2.32. The van der Waals surface area contributed by atoms with E-state index in [1.54, 1.807) is 4.90 Å². The van der Waals surface area contributed by atoms with E-state index in [-0.39, 0.29) is 5.91 Å². The van der Waals surface area contributed by atoms with Gasteiger partial charge in [-0.1, -0.05) is 88.7 Å². The quantitative estimate of drug-likeness (QED) is 0.207. The number of halogens is 1. The molecule has 0 fully saturated rings. The van der Waals surface area contributed by atoms with Gasteiger partial charge in [-0.25, -0.2) is 9.67 Å². The minimum atomic E-state index is -0.127. The van der Waals surface area contributed by atoms with Crippen molar-refractivity contribution < 1.29 is 4.79 Å². The maximum Gasteiger partial charge on any atom is 0.279 e. The molecule has 1 aromatic heterocycles. The van der Waals surface area contributed by atoms with Crippen molar-refractivity contribution in [2.45, 2.75) is 20.4 Å². The van der Waals surface area contributed by atoms with Crippen LogP contribution in [0.1, 0.15) is 22.3 Å². The number of aryl methyl sites for hydroxylation is 1. The van der Waals surface area contributed by atoms with Crippen LogP contribution in [0.5, 0.6) is 0 Å². The third kappa shape index (κ3) is 4.91. The molecule has 1 aliphatic heterocycles. The summed E-state index contributed by atoms with van der Waals surface area (Å²) < 4.78 is 2.81. The molecule has 0 radical (unpaired) electrons. The molecule has 0 spiro atoms. The van der Waals surface area contributed by atoms with Gasteiger partial charge in [0.25, 0.3) is 5.91 Å². The molecule has 0 aliphatic carbocycles. The molecule has 5 nitrogen and oxygen atoms in total. The molecule has 6 rings (SSSR count).